The zero-order valence-electron chi connectivity index (χ0n) is 9.17. The van der Waals surface area contributed by atoms with E-state index in [2.05, 4.69) is 21.2 Å². The van der Waals surface area contributed by atoms with E-state index in [1.165, 1.54) is 6.07 Å². The second kappa shape index (κ2) is 6.96. The van der Waals surface area contributed by atoms with E-state index < -0.39 is 0 Å². The van der Waals surface area contributed by atoms with Crippen LogP contribution in [0.2, 0.25) is 0 Å². The average molecular weight is 291 g/mol. The first-order chi connectivity index (χ1) is 7.69. The maximum atomic E-state index is 13.1. The highest BCUT2D eigenvalue weighted by atomic mass is 79.9. The van der Waals surface area contributed by atoms with Gasteiger partial charge < -0.3 is 15.8 Å². The van der Waals surface area contributed by atoms with E-state index in [0.717, 1.165) is 5.56 Å². The molecule has 90 valence electrons. The third kappa shape index (κ3) is 3.83. The van der Waals surface area contributed by atoms with Gasteiger partial charge in [-0.3, -0.25) is 0 Å². The van der Waals surface area contributed by atoms with Crippen LogP contribution in [0.3, 0.4) is 0 Å². The predicted molar refractivity (Wildman–Crippen MR) is 65.8 cm³/mol. The van der Waals surface area contributed by atoms with E-state index >= 15 is 0 Å². The summed E-state index contributed by atoms with van der Waals surface area (Å²) >= 11 is 3.16. The number of ether oxygens (including phenoxy) is 1. The third-order valence-corrected chi connectivity index (χ3v) is 2.89. The van der Waals surface area contributed by atoms with E-state index in [9.17, 15) is 4.39 Å². The van der Waals surface area contributed by atoms with Crippen LogP contribution in [-0.4, -0.2) is 26.8 Å². The lowest BCUT2D eigenvalue weighted by Gasteiger charge is -2.17. The lowest BCUT2D eigenvalue weighted by molar-refractivity contribution is 0.196. The summed E-state index contributed by atoms with van der Waals surface area (Å²) in [6.07, 6.45) is 0. The second-order valence-electron chi connectivity index (χ2n) is 3.41. The molecule has 0 heterocycles. The number of hydrogen-bond acceptors (Lipinski definition) is 3. The van der Waals surface area contributed by atoms with Crippen molar-refractivity contribution in [2.75, 3.05) is 26.8 Å². The molecule has 1 atom stereocenters. The molecule has 1 rings (SSSR count). The van der Waals surface area contributed by atoms with Crippen LogP contribution >= 0.6 is 15.9 Å². The molecule has 3 N–H and O–H groups in total. The largest absolute Gasteiger partial charge is 0.383 e. The van der Waals surface area contributed by atoms with Gasteiger partial charge in [0.2, 0.25) is 0 Å². The Bertz CT molecular complexity index is 336. The van der Waals surface area contributed by atoms with Crippen molar-refractivity contribution in [3.63, 3.8) is 0 Å². The number of methoxy groups -OCH3 is 1. The van der Waals surface area contributed by atoms with Gasteiger partial charge in [0.05, 0.1) is 11.1 Å². The molecule has 0 aliphatic carbocycles. The average Bonchev–Trinajstić information content (AvgIpc) is 2.29. The standard InChI is InChI=1S/C11H16BrFN2O/c1-16-5-4-15-11(7-14)8-2-3-10(13)9(12)6-8/h2-3,6,11,15H,4-5,7,14H2,1H3. The first kappa shape index (κ1) is 13.6. The van der Waals surface area contributed by atoms with Crippen molar-refractivity contribution in [2.45, 2.75) is 6.04 Å². The molecule has 0 radical (unpaired) electrons. The fourth-order valence-electron chi connectivity index (χ4n) is 1.40. The molecular weight excluding hydrogens is 275 g/mol. The Balaban J connectivity index is 2.67. The Morgan fingerprint density at radius 2 is 2.31 bits per heavy atom. The summed E-state index contributed by atoms with van der Waals surface area (Å²) in [4.78, 5) is 0. The Kier molecular flexibility index (Phi) is 5.90. The molecule has 0 aliphatic rings. The normalized spacial score (nSPS) is 12.8. The zero-order valence-corrected chi connectivity index (χ0v) is 10.8. The molecule has 0 aliphatic heterocycles. The second-order valence-corrected chi connectivity index (χ2v) is 4.26. The minimum absolute atomic E-state index is 0.0204. The van der Waals surface area contributed by atoms with Gasteiger partial charge in [-0.2, -0.15) is 0 Å². The maximum Gasteiger partial charge on any atom is 0.137 e. The first-order valence-electron chi connectivity index (χ1n) is 5.06. The molecule has 1 aromatic carbocycles. The Morgan fingerprint density at radius 3 is 2.88 bits per heavy atom. The molecule has 1 aromatic rings. The van der Waals surface area contributed by atoms with Gasteiger partial charge in [-0.1, -0.05) is 6.07 Å². The molecule has 0 amide bonds. The SMILES string of the molecule is COCCNC(CN)c1ccc(F)c(Br)c1. The van der Waals surface area contributed by atoms with Crippen molar-refractivity contribution >= 4 is 15.9 Å². The van der Waals surface area contributed by atoms with Crippen LogP contribution in [0.4, 0.5) is 4.39 Å². The number of rotatable bonds is 6. The third-order valence-electron chi connectivity index (χ3n) is 2.28. The minimum Gasteiger partial charge on any atom is -0.383 e. The zero-order chi connectivity index (χ0) is 12.0. The topological polar surface area (TPSA) is 47.3 Å². The Morgan fingerprint density at radius 1 is 1.56 bits per heavy atom. The summed E-state index contributed by atoms with van der Waals surface area (Å²) in [7, 11) is 1.65. The van der Waals surface area contributed by atoms with Crippen LogP contribution in [0.15, 0.2) is 22.7 Å². The summed E-state index contributed by atoms with van der Waals surface area (Å²) in [5.41, 5.74) is 6.63. The maximum absolute atomic E-state index is 13.1. The van der Waals surface area contributed by atoms with E-state index in [1.54, 1.807) is 19.2 Å². The van der Waals surface area contributed by atoms with Crippen LogP contribution in [-0.2, 0) is 4.74 Å². The van der Waals surface area contributed by atoms with E-state index in [0.29, 0.717) is 24.2 Å². The van der Waals surface area contributed by atoms with Crippen molar-refractivity contribution in [1.29, 1.82) is 0 Å². The van der Waals surface area contributed by atoms with Gasteiger partial charge in [0.1, 0.15) is 5.82 Å². The Hall–Kier alpha value is -0.490. The molecular formula is C11H16BrFN2O. The molecule has 3 nitrogen and oxygen atoms in total. The van der Waals surface area contributed by atoms with Gasteiger partial charge in [-0.25, -0.2) is 4.39 Å². The van der Waals surface area contributed by atoms with Gasteiger partial charge in [-0.05, 0) is 33.6 Å². The fourth-order valence-corrected chi connectivity index (χ4v) is 1.80. The highest BCUT2D eigenvalue weighted by molar-refractivity contribution is 9.10. The van der Waals surface area contributed by atoms with Crippen molar-refractivity contribution < 1.29 is 9.13 Å². The summed E-state index contributed by atoms with van der Waals surface area (Å²) in [6.45, 7) is 1.80. The lowest BCUT2D eigenvalue weighted by Crippen LogP contribution is -2.30. The number of halogens is 2. The van der Waals surface area contributed by atoms with Crippen LogP contribution < -0.4 is 11.1 Å². The van der Waals surface area contributed by atoms with Gasteiger partial charge >= 0.3 is 0 Å². The molecule has 0 aromatic heterocycles. The molecule has 0 saturated carbocycles. The van der Waals surface area contributed by atoms with Crippen LogP contribution in [0.5, 0.6) is 0 Å². The minimum atomic E-state index is -0.267. The van der Waals surface area contributed by atoms with Crippen molar-refractivity contribution in [3.8, 4) is 0 Å². The Labute approximate surface area is 103 Å². The molecule has 0 fully saturated rings. The van der Waals surface area contributed by atoms with Gasteiger partial charge in [-0.15, -0.1) is 0 Å². The quantitative estimate of drug-likeness (QED) is 0.786. The summed E-state index contributed by atoms with van der Waals surface area (Å²) in [5, 5.41) is 3.24. The molecule has 1 unspecified atom stereocenters. The number of nitrogens with two attached hydrogens (primary N) is 1. The predicted octanol–water partition coefficient (Wildman–Crippen LogP) is 1.82. The van der Waals surface area contributed by atoms with Gasteiger partial charge in [0.15, 0.2) is 0 Å². The van der Waals surface area contributed by atoms with E-state index in [4.69, 9.17) is 10.5 Å². The lowest BCUT2D eigenvalue weighted by atomic mass is 10.1. The number of nitrogens with one attached hydrogen (secondary N) is 1. The first-order valence-corrected chi connectivity index (χ1v) is 5.85. The van der Waals surface area contributed by atoms with Gasteiger partial charge in [0, 0.05) is 26.2 Å². The summed E-state index contributed by atoms with van der Waals surface area (Å²) in [6, 6.07) is 4.93. The van der Waals surface area contributed by atoms with Crippen LogP contribution in [0.1, 0.15) is 11.6 Å². The number of benzene rings is 1. The smallest absolute Gasteiger partial charge is 0.137 e. The number of hydrogen-bond donors (Lipinski definition) is 2. The molecule has 16 heavy (non-hydrogen) atoms. The highest BCUT2D eigenvalue weighted by Gasteiger charge is 2.10. The van der Waals surface area contributed by atoms with Crippen LogP contribution in [0, 0.1) is 5.82 Å². The van der Waals surface area contributed by atoms with E-state index in [-0.39, 0.29) is 11.9 Å². The summed E-state index contributed by atoms with van der Waals surface area (Å²) < 4.78 is 18.5. The highest BCUT2D eigenvalue weighted by Crippen LogP contribution is 2.20. The van der Waals surface area contributed by atoms with E-state index in [1.807, 2.05) is 0 Å². The molecule has 0 saturated heterocycles. The molecule has 0 spiro atoms. The van der Waals surface area contributed by atoms with Crippen molar-refractivity contribution in [1.82, 2.24) is 5.32 Å². The van der Waals surface area contributed by atoms with Crippen LogP contribution in [0.25, 0.3) is 0 Å². The van der Waals surface area contributed by atoms with Crippen molar-refractivity contribution in [2.24, 2.45) is 5.73 Å². The van der Waals surface area contributed by atoms with Crippen molar-refractivity contribution in [3.05, 3.63) is 34.1 Å². The molecule has 0 bridgehead atoms. The molecule has 5 heteroatoms. The summed E-state index contributed by atoms with van der Waals surface area (Å²) in [5.74, 6) is -0.267. The van der Waals surface area contributed by atoms with Gasteiger partial charge in [0.25, 0.3) is 0 Å². The monoisotopic (exact) mass is 290 g/mol. The fraction of sp³-hybridized carbons (Fsp3) is 0.455.